The second kappa shape index (κ2) is 8.06. The van der Waals surface area contributed by atoms with Gasteiger partial charge in [-0.1, -0.05) is 12.1 Å². The van der Waals surface area contributed by atoms with Gasteiger partial charge in [-0.05, 0) is 59.3 Å². The number of methoxy groups -OCH3 is 1. The number of rotatable bonds is 5. The highest BCUT2D eigenvalue weighted by atomic mass is 79.9. The highest BCUT2D eigenvalue weighted by Crippen LogP contribution is 2.32. The molecule has 3 rings (SSSR count). The third-order valence-corrected chi connectivity index (χ3v) is 4.58. The van der Waals surface area contributed by atoms with Crippen LogP contribution in [-0.2, 0) is 4.74 Å². The highest BCUT2D eigenvalue weighted by molar-refractivity contribution is 9.10. The topological polar surface area (TPSA) is 77.1 Å². The predicted octanol–water partition coefficient (Wildman–Crippen LogP) is 4.36. The Bertz CT molecular complexity index is 1020. The fourth-order valence-electron chi connectivity index (χ4n) is 2.68. The first-order chi connectivity index (χ1) is 13.1. The number of esters is 1. The van der Waals surface area contributed by atoms with E-state index in [2.05, 4.69) is 27.1 Å². The fraction of sp³-hybridized carbons (Fsp3) is 0.150. The number of nitrogens with zero attached hydrogens (tertiary/aromatic N) is 3. The van der Waals surface area contributed by atoms with Gasteiger partial charge in [-0.3, -0.25) is 0 Å². The molecule has 0 spiro atoms. The number of benzene rings is 2. The quantitative estimate of drug-likeness (QED) is 0.567. The first-order valence-corrected chi connectivity index (χ1v) is 8.99. The van der Waals surface area contributed by atoms with Crippen molar-refractivity contribution < 1.29 is 14.3 Å². The van der Waals surface area contributed by atoms with Crippen molar-refractivity contribution in [2.24, 2.45) is 0 Å². The average molecular weight is 426 g/mol. The van der Waals surface area contributed by atoms with Crippen molar-refractivity contribution in [1.82, 2.24) is 9.78 Å². The number of carbonyl (C=O) groups is 1. The lowest BCUT2D eigenvalue weighted by molar-refractivity contribution is 0.0518. The zero-order valence-electron chi connectivity index (χ0n) is 14.8. The lowest BCUT2D eigenvalue weighted by Crippen LogP contribution is -2.08. The Labute approximate surface area is 165 Å². The SMILES string of the molecule is CCOC(=O)c1nn(-c2ccccc2Br)c(-c2ccc(OC)cc2)c1C#N. The number of carbonyl (C=O) groups excluding carboxylic acids is 1. The largest absolute Gasteiger partial charge is 0.497 e. The molecule has 2 aromatic carbocycles. The van der Waals surface area contributed by atoms with E-state index in [0.717, 1.165) is 10.0 Å². The molecular weight excluding hydrogens is 410 g/mol. The molecule has 27 heavy (non-hydrogen) atoms. The maximum atomic E-state index is 12.4. The molecule has 3 aromatic rings. The Morgan fingerprint density at radius 2 is 1.93 bits per heavy atom. The summed E-state index contributed by atoms with van der Waals surface area (Å²) in [6.07, 6.45) is 0. The summed E-state index contributed by atoms with van der Waals surface area (Å²) in [6.45, 7) is 1.91. The molecule has 0 aliphatic rings. The van der Waals surface area contributed by atoms with Gasteiger partial charge in [-0.15, -0.1) is 0 Å². The molecule has 0 N–H and O–H groups in total. The minimum atomic E-state index is -0.630. The number of hydrogen-bond acceptors (Lipinski definition) is 5. The van der Waals surface area contributed by atoms with Crippen LogP contribution in [0.1, 0.15) is 23.0 Å². The second-order valence-electron chi connectivity index (χ2n) is 5.50. The number of ether oxygens (including phenoxy) is 2. The third-order valence-electron chi connectivity index (χ3n) is 3.91. The van der Waals surface area contributed by atoms with Gasteiger partial charge in [-0.25, -0.2) is 9.48 Å². The summed E-state index contributed by atoms with van der Waals surface area (Å²) in [5, 5.41) is 14.2. The Balaban J connectivity index is 2.29. The first kappa shape index (κ1) is 18.7. The van der Waals surface area contributed by atoms with Gasteiger partial charge < -0.3 is 9.47 Å². The van der Waals surface area contributed by atoms with E-state index in [1.165, 1.54) is 0 Å². The number of para-hydroxylation sites is 1. The standard InChI is InChI=1S/C20H16BrN3O3/c1-3-27-20(25)18-15(12-22)19(13-8-10-14(26-2)11-9-13)24(23-18)17-7-5-4-6-16(17)21/h4-11H,3H2,1-2H3. The molecule has 6 nitrogen and oxygen atoms in total. The molecule has 0 saturated heterocycles. The molecule has 0 atom stereocenters. The minimum Gasteiger partial charge on any atom is -0.497 e. The zero-order chi connectivity index (χ0) is 19.4. The summed E-state index contributed by atoms with van der Waals surface area (Å²) in [4.78, 5) is 12.4. The summed E-state index contributed by atoms with van der Waals surface area (Å²) in [7, 11) is 1.58. The van der Waals surface area contributed by atoms with Crippen LogP contribution in [-0.4, -0.2) is 29.5 Å². The van der Waals surface area contributed by atoms with Crippen LogP contribution in [0.25, 0.3) is 16.9 Å². The first-order valence-electron chi connectivity index (χ1n) is 8.20. The van der Waals surface area contributed by atoms with E-state index >= 15 is 0 Å². The summed E-state index contributed by atoms with van der Waals surface area (Å²) in [6, 6.07) is 16.8. The zero-order valence-corrected chi connectivity index (χ0v) is 16.4. The molecule has 0 bridgehead atoms. The maximum Gasteiger partial charge on any atom is 0.360 e. The molecule has 0 aliphatic heterocycles. The summed E-state index contributed by atoms with van der Waals surface area (Å²) < 4.78 is 12.6. The van der Waals surface area contributed by atoms with E-state index in [0.29, 0.717) is 17.1 Å². The monoisotopic (exact) mass is 425 g/mol. The Kier molecular flexibility index (Phi) is 5.57. The molecule has 7 heteroatoms. The predicted molar refractivity (Wildman–Crippen MR) is 104 cm³/mol. The number of nitriles is 1. The molecule has 0 amide bonds. The minimum absolute atomic E-state index is 0.0130. The van der Waals surface area contributed by atoms with Crippen molar-refractivity contribution in [3.63, 3.8) is 0 Å². The van der Waals surface area contributed by atoms with Crippen LogP contribution in [0, 0.1) is 11.3 Å². The Morgan fingerprint density at radius 3 is 2.52 bits per heavy atom. The van der Waals surface area contributed by atoms with Gasteiger partial charge in [-0.2, -0.15) is 10.4 Å². The summed E-state index contributed by atoms with van der Waals surface area (Å²) in [5.74, 6) is 0.0597. The number of aromatic nitrogens is 2. The van der Waals surface area contributed by atoms with Gasteiger partial charge >= 0.3 is 5.97 Å². The van der Waals surface area contributed by atoms with Crippen molar-refractivity contribution in [3.05, 3.63) is 64.3 Å². The van der Waals surface area contributed by atoms with Crippen LogP contribution in [0.2, 0.25) is 0 Å². The lowest BCUT2D eigenvalue weighted by atomic mass is 10.1. The van der Waals surface area contributed by atoms with Gasteiger partial charge in [0.15, 0.2) is 5.69 Å². The van der Waals surface area contributed by atoms with Gasteiger partial charge in [0.1, 0.15) is 17.4 Å². The summed E-state index contributed by atoms with van der Waals surface area (Å²) in [5.41, 5.74) is 2.09. The second-order valence-corrected chi connectivity index (χ2v) is 6.35. The van der Waals surface area contributed by atoms with E-state index in [9.17, 15) is 10.1 Å². The van der Waals surface area contributed by atoms with Gasteiger partial charge in [0.25, 0.3) is 0 Å². The van der Waals surface area contributed by atoms with Crippen LogP contribution in [0.15, 0.2) is 53.0 Å². The molecule has 136 valence electrons. The van der Waals surface area contributed by atoms with Crippen LogP contribution in [0.4, 0.5) is 0 Å². The highest BCUT2D eigenvalue weighted by Gasteiger charge is 2.26. The van der Waals surface area contributed by atoms with Gasteiger partial charge in [0.05, 0.1) is 25.1 Å². The average Bonchev–Trinajstić information content (AvgIpc) is 3.08. The van der Waals surface area contributed by atoms with E-state index in [1.807, 2.05) is 36.4 Å². The third kappa shape index (κ3) is 3.57. The molecule has 1 heterocycles. The lowest BCUT2D eigenvalue weighted by Gasteiger charge is -2.10. The summed E-state index contributed by atoms with van der Waals surface area (Å²) >= 11 is 3.51. The normalized spacial score (nSPS) is 10.3. The molecule has 0 unspecified atom stereocenters. The smallest absolute Gasteiger partial charge is 0.360 e. The van der Waals surface area contributed by atoms with Crippen LogP contribution >= 0.6 is 15.9 Å². The Hall–Kier alpha value is -3.11. The van der Waals surface area contributed by atoms with Crippen molar-refractivity contribution in [3.8, 4) is 28.8 Å². The van der Waals surface area contributed by atoms with E-state index in [-0.39, 0.29) is 17.9 Å². The van der Waals surface area contributed by atoms with Gasteiger partial charge in [0.2, 0.25) is 0 Å². The van der Waals surface area contributed by atoms with E-state index in [1.54, 1.807) is 30.8 Å². The van der Waals surface area contributed by atoms with Crippen molar-refractivity contribution >= 4 is 21.9 Å². The van der Waals surface area contributed by atoms with E-state index < -0.39 is 5.97 Å². The molecule has 0 fully saturated rings. The van der Waals surface area contributed by atoms with Crippen molar-refractivity contribution in [1.29, 1.82) is 5.26 Å². The number of hydrogen-bond donors (Lipinski definition) is 0. The van der Waals surface area contributed by atoms with Crippen LogP contribution in [0.3, 0.4) is 0 Å². The molecule has 1 aromatic heterocycles. The van der Waals surface area contributed by atoms with Crippen LogP contribution < -0.4 is 4.74 Å². The fourth-order valence-corrected chi connectivity index (χ4v) is 3.13. The van der Waals surface area contributed by atoms with Gasteiger partial charge in [0, 0.05) is 10.0 Å². The number of halogens is 1. The van der Waals surface area contributed by atoms with Crippen molar-refractivity contribution in [2.75, 3.05) is 13.7 Å². The molecule has 0 saturated carbocycles. The van der Waals surface area contributed by atoms with Crippen LogP contribution in [0.5, 0.6) is 5.75 Å². The molecular formula is C20H16BrN3O3. The van der Waals surface area contributed by atoms with Crippen molar-refractivity contribution in [2.45, 2.75) is 6.92 Å². The molecule has 0 radical (unpaired) electrons. The molecule has 0 aliphatic carbocycles. The Morgan fingerprint density at radius 1 is 1.22 bits per heavy atom. The van der Waals surface area contributed by atoms with E-state index in [4.69, 9.17) is 9.47 Å². The maximum absolute atomic E-state index is 12.4.